The maximum atomic E-state index is 11.8. The third-order valence-corrected chi connectivity index (χ3v) is 9.17. The average molecular weight is 344 g/mol. The fourth-order valence-electron chi connectivity index (χ4n) is 8.13. The summed E-state index contributed by atoms with van der Waals surface area (Å²) in [6.45, 7) is 2.56. The van der Waals surface area contributed by atoms with E-state index < -0.39 is 5.60 Å². The van der Waals surface area contributed by atoms with Gasteiger partial charge in [-0.3, -0.25) is 4.79 Å². The second kappa shape index (κ2) is 5.42. The second-order valence-electron chi connectivity index (χ2n) is 9.94. The van der Waals surface area contributed by atoms with Gasteiger partial charge in [0.1, 0.15) is 0 Å². The molecule has 138 valence electrons. The monoisotopic (exact) mass is 344 g/mol. The Hall–Kier alpha value is -0.670. The number of hydrogen-bond acceptors (Lipinski definition) is 3. The maximum absolute atomic E-state index is 11.8. The van der Waals surface area contributed by atoms with Gasteiger partial charge in [0.25, 0.3) is 0 Å². The van der Waals surface area contributed by atoms with Crippen LogP contribution in [0.3, 0.4) is 0 Å². The molecule has 0 aromatic carbocycles. The second-order valence-corrected chi connectivity index (χ2v) is 9.94. The fraction of sp³-hybridized carbons (Fsp3) is 0.864. The molecular formula is C22H32O3. The smallest absolute Gasteiger partial charge is 0.155 e. The molecule has 0 spiro atoms. The first-order chi connectivity index (χ1) is 12.0. The van der Waals surface area contributed by atoms with E-state index in [9.17, 15) is 15.0 Å². The summed E-state index contributed by atoms with van der Waals surface area (Å²) in [5, 5.41) is 21.0. The summed E-state index contributed by atoms with van der Waals surface area (Å²) in [6, 6.07) is 0. The fourth-order valence-corrected chi connectivity index (χ4v) is 8.13. The van der Waals surface area contributed by atoms with Gasteiger partial charge in [-0.15, -0.1) is 0 Å². The number of carbonyl (C=O) groups is 1. The van der Waals surface area contributed by atoms with Gasteiger partial charge < -0.3 is 10.2 Å². The van der Waals surface area contributed by atoms with Gasteiger partial charge in [-0.05, 0) is 98.4 Å². The minimum Gasteiger partial charge on any atom is -0.396 e. The van der Waals surface area contributed by atoms with E-state index in [1.807, 2.05) is 6.08 Å². The molecule has 4 saturated carbocycles. The normalized spacial score (nSPS) is 53.4. The van der Waals surface area contributed by atoms with Crippen molar-refractivity contribution in [3.05, 3.63) is 11.6 Å². The van der Waals surface area contributed by atoms with E-state index in [1.54, 1.807) is 0 Å². The van der Waals surface area contributed by atoms with Crippen molar-refractivity contribution in [3.63, 3.8) is 0 Å². The summed E-state index contributed by atoms with van der Waals surface area (Å²) in [6.07, 6.45) is 11.2. The highest BCUT2D eigenvalue weighted by molar-refractivity contribution is 5.91. The van der Waals surface area contributed by atoms with Gasteiger partial charge in [0.2, 0.25) is 0 Å². The third kappa shape index (κ3) is 2.09. The van der Waals surface area contributed by atoms with E-state index >= 15 is 0 Å². The van der Waals surface area contributed by atoms with Crippen molar-refractivity contribution >= 4 is 5.78 Å². The summed E-state index contributed by atoms with van der Waals surface area (Å²) in [5.41, 5.74) is 0.944. The number of carbonyl (C=O) groups excluding carboxylic acids is 1. The van der Waals surface area contributed by atoms with Gasteiger partial charge in [0.15, 0.2) is 5.78 Å². The highest BCUT2D eigenvalue weighted by Gasteiger charge is 2.75. The lowest BCUT2D eigenvalue weighted by atomic mass is 9.49. The van der Waals surface area contributed by atoms with Crippen LogP contribution in [0.25, 0.3) is 0 Å². The Morgan fingerprint density at radius 1 is 1.16 bits per heavy atom. The Labute approximate surface area is 150 Å². The van der Waals surface area contributed by atoms with Crippen LogP contribution in [-0.4, -0.2) is 28.2 Å². The van der Waals surface area contributed by atoms with Gasteiger partial charge in [-0.2, -0.15) is 0 Å². The first-order valence-electron chi connectivity index (χ1n) is 10.6. The topological polar surface area (TPSA) is 57.5 Å². The van der Waals surface area contributed by atoms with Crippen molar-refractivity contribution in [3.8, 4) is 0 Å². The molecule has 25 heavy (non-hydrogen) atoms. The number of fused-ring (bicyclic) bond motifs is 7. The lowest BCUT2D eigenvalue weighted by Crippen LogP contribution is -2.55. The van der Waals surface area contributed by atoms with Crippen molar-refractivity contribution in [2.75, 3.05) is 6.61 Å². The first kappa shape index (κ1) is 16.5. The molecule has 0 unspecified atom stereocenters. The van der Waals surface area contributed by atoms with Gasteiger partial charge >= 0.3 is 0 Å². The van der Waals surface area contributed by atoms with E-state index in [0.717, 1.165) is 56.3 Å². The molecule has 0 radical (unpaired) electrons. The number of hydrogen-bond donors (Lipinski definition) is 2. The predicted octanol–water partition coefficient (Wildman–Crippen LogP) is 3.49. The molecule has 4 fully saturated rings. The molecule has 0 aliphatic heterocycles. The van der Waals surface area contributed by atoms with Crippen LogP contribution < -0.4 is 0 Å². The molecule has 0 aromatic heterocycles. The lowest BCUT2D eigenvalue weighted by molar-refractivity contribution is -0.144. The Kier molecular flexibility index (Phi) is 3.58. The van der Waals surface area contributed by atoms with E-state index in [-0.39, 0.29) is 12.0 Å². The molecule has 2 N–H and O–H groups in total. The summed E-state index contributed by atoms with van der Waals surface area (Å²) >= 11 is 0. The van der Waals surface area contributed by atoms with E-state index in [1.165, 1.54) is 24.8 Å². The Morgan fingerprint density at radius 3 is 2.80 bits per heavy atom. The molecule has 5 rings (SSSR count). The number of allylic oxidation sites excluding steroid dienone is 1. The highest BCUT2D eigenvalue weighted by atomic mass is 16.3. The molecule has 0 saturated heterocycles. The van der Waals surface area contributed by atoms with Gasteiger partial charge in [-0.25, -0.2) is 0 Å². The largest absolute Gasteiger partial charge is 0.396 e. The summed E-state index contributed by atoms with van der Waals surface area (Å²) in [4.78, 5) is 11.8. The summed E-state index contributed by atoms with van der Waals surface area (Å²) < 4.78 is 0. The summed E-state index contributed by atoms with van der Waals surface area (Å²) in [5.74, 6) is 4.34. The molecule has 3 nitrogen and oxygen atoms in total. The van der Waals surface area contributed by atoms with Crippen LogP contribution in [0.4, 0.5) is 0 Å². The third-order valence-electron chi connectivity index (χ3n) is 9.17. The summed E-state index contributed by atoms with van der Waals surface area (Å²) in [7, 11) is 0. The lowest BCUT2D eigenvalue weighted by Gasteiger charge is -2.57. The Morgan fingerprint density at radius 2 is 2.00 bits per heavy atom. The molecule has 0 aromatic rings. The molecule has 8 atom stereocenters. The van der Waals surface area contributed by atoms with Crippen molar-refractivity contribution in [2.45, 2.75) is 70.3 Å². The Bertz CT molecular complexity index is 625. The standard InChI is InChI=1S/C22H32O3/c1-21-9-7-16-15-6-4-14(24)11-13(15)3-5-17(16)20(21)18-12-19(18)22(21,25)8-2-10-23/h11,15-20,23,25H,2-10,12H2,1H3/t15-,16+,17+,18+,19-,20+,21-,22-/m0/s1. The minimum absolute atomic E-state index is 0.0443. The average Bonchev–Trinajstić information content (AvgIpc) is 3.36. The van der Waals surface area contributed by atoms with Crippen LogP contribution >= 0.6 is 0 Å². The van der Waals surface area contributed by atoms with Crippen LogP contribution in [0, 0.1) is 40.9 Å². The number of ketones is 1. The van der Waals surface area contributed by atoms with Crippen LogP contribution in [0.5, 0.6) is 0 Å². The van der Waals surface area contributed by atoms with Crippen molar-refractivity contribution in [1.82, 2.24) is 0 Å². The molecule has 3 heteroatoms. The zero-order chi connectivity index (χ0) is 17.4. The van der Waals surface area contributed by atoms with E-state index in [4.69, 9.17) is 0 Å². The molecule has 5 aliphatic carbocycles. The SMILES string of the molecule is C[C@]12CC[C@H]3[C@@H](CCC4=CC(=O)CC[C@@H]43)[C@@H]1[C@@H]1C[C@@H]1[C@@]2(O)CCCO. The minimum atomic E-state index is -0.547. The highest BCUT2D eigenvalue weighted by Crippen LogP contribution is 2.76. The molecule has 0 heterocycles. The van der Waals surface area contributed by atoms with Crippen molar-refractivity contribution in [2.24, 2.45) is 40.9 Å². The number of rotatable bonds is 3. The first-order valence-corrected chi connectivity index (χ1v) is 10.6. The quantitative estimate of drug-likeness (QED) is 0.824. The van der Waals surface area contributed by atoms with Gasteiger partial charge in [0, 0.05) is 13.0 Å². The number of aliphatic hydroxyl groups is 2. The van der Waals surface area contributed by atoms with E-state index in [0.29, 0.717) is 23.5 Å². The predicted molar refractivity (Wildman–Crippen MR) is 95.7 cm³/mol. The van der Waals surface area contributed by atoms with Crippen LogP contribution in [0.15, 0.2) is 11.6 Å². The molecule has 0 amide bonds. The molecule has 0 bridgehead atoms. The Balaban J connectivity index is 1.45. The van der Waals surface area contributed by atoms with E-state index in [2.05, 4.69) is 6.92 Å². The zero-order valence-corrected chi connectivity index (χ0v) is 15.4. The van der Waals surface area contributed by atoms with Crippen LogP contribution in [0.2, 0.25) is 0 Å². The zero-order valence-electron chi connectivity index (χ0n) is 15.4. The van der Waals surface area contributed by atoms with Gasteiger partial charge in [0.05, 0.1) is 5.60 Å². The molecule has 5 aliphatic rings. The van der Waals surface area contributed by atoms with Crippen LogP contribution in [-0.2, 0) is 4.79 Å². The van der Waals surface area contributed by atoms with Gasteiger partial charge in [-0.1, -0.05) is 12.5 Å². The van der Waals surface area contributed by atoms with Crippen molar-refractivity contribution < 1.29 is 15.0 Å². The molecular weight excluding hydrogens is 312 g/mol. The number of aliphatic hydroxyl groups excluding tert-OH is 1. The van der Waals surface area contributed by atoms with Crippen LogP contribution in [0.1, 0.15) is 64.7 Å². The maximum Gasteiger partial charge on any atom is 0.155 e. The van der Waals surface area contributed by atoms with Crippen molar-refractivity contribution in [1.29, 1.82) is 0 Å².